The summed E-state index contributed by atoms with van der Waals surface area (Å²) < 4.78 is 7.35. The molecule has 136 valence electrons. The molecule has 2 aliphatic heterocycles. The molecule has 0 aromatic carbocycles. The van der Waals surface area contributed by atoms with E-state index in [1.54, 1.807) is 17.1 Å². The summed E-state index contributed by atoms with van der Waals surface area (Å²) in [5.41, 5.74) is 1.74. The second-order valence-electron chi connectivity index (χ2n) is 7.82. The van der Waals surface area contributed by atoms with Gasteiger partial charge in [0.05, 0.1) is 6.04 Å². The predicted octanol–water partition coefficient (Wildman–Crippen LogP) is 3.22. The minimum Gasteiger partial charge on any atom is -0.444 e. The highest BCUT2D eigenvalue weighted by Crippen LogP contribution is 2.39. The molecule has 0 radical (unpaired) electrons. The predicted molar refractivity (Wildman–Crippen MR) is 96.6 cm³/mol. The van der Waals surface area contributed by atoms with Crippen molar-refractivity contribution >= 4 is 11.7 Å². The van der Waals surface area contributed by atoms with Crippen molar-refractivity contribution in [1.29, 1.82) is 0 Å². The van der Waals surface area contributed by atoms with Gasteiger partial charge >= 0.3 is 6.09 Å². The third-order valence-corrected chi connectivity index (χ3v) is 4.74. The Kier molecular flexibility index (Phi) is 4.01. The van der Waals surface area contributed by atoms with E-state index in [2.05, 4.69) is 21.0 Å². The van der Waals surface area contributed by atoms with Crippen molar-refractivity contribution in [1.82, 2.24) is 24.4 Å². The Morgan fingerprint density at radius 3 is 2.62 bits per heavy atom. The summed E-state index contributed by atoms with van der Waals surface area (Å²) in [5.74, 6) is 0.598. The molecule has 2 unspecified atom stereocenters. The Labute approximate surface area is 152 Å². The fourth-order valence-corrected chi connectivity index (χ4v) is 3.64. The van der Waals surface area contributed by atoms with Crippen molar-refractivity contribution in [3.63, 3.8) is 0 Å². The highest BCUT2D eigenvalue weighted by molar-refractivity contribution is 5.74. The lowest BCUT2D eigenvalue weighted by Gasteiger charge is -2.35. The molecule has 2 aromatic rings. The summed E-state index contributed by atoms with van der Waals surface area (Å²) >= 11 is 0. The third kappa shape index (κ3) is 3.21. The summed E-state index contributed by atoms with van der Waals surface area (Å²) in [4.78, 5) is 27.3. The van der Waals surface area contributed by atoms with Gasteiger partial charge in [-0.1, -0.05) is 6.08 Å². The van der Waals surface area contributed by atoms with Gasteiger partial charge in [0.2, 0.25) is 5.95 Å². The van der Waals surface area contributed by atoms with E-state index >= 15 is 0 Å². The first-order chi connectivity index (χ1) is 12.4. The van der Waals surface area contributed by atoms with Crippen LogP contribution in [-0.2, 0) is 4.74 Å². The average molecular weight is 353 g/mol. The third-order valence-electron chi connectivity index (χ3n) is 4.74. The molecule has 0 N–H and O–H groups in total. The van der Waals surface area contributed by atoms with E-state index < -0.39 is 5.60 Å². The van der Waals surface area contributed by atoms with Crippen LogP contribution in [0, 0.1) is 0 Å². The van der Waals surface area contributed by atoms with Gasteiger partial charge in [-0.25, -0.2) is 19.7 Å². The molecule has 0 spiro atoms. The van der Waals surface area contributed by atoms with Crippen LogP contribution in [0.3, 0.4) is 0 Å². The first-order valence-corrected chi connectivity index (χ1v) is 8.93. The number of hydrogen-bond acceptors (Lipinski definition) is 5. The number of fused-ring (bicyclic) bond motifs is 2. The maximum Gasteiger partial charge on any atom is 0.411 e. The summed E-state index contributed by atoms with van der Waals surface area (Å²) in [6.07, 6.45) is 13.6. The maximum absolute atomic E-state index is 12.5. The topological polar surface area (TPSA) is 73.1 Å². The number of amides is 1. The van der Waals surface area contributed by atoms with Crippen LogP contribution >= 0.6 is 0 Å². The van der Waals surface area contributed by atoms with Crippen molar-refractivity contribution in [2.75, 3.05) is 0 Å². The molecule has 2 aliphatic rings. The first kappa shape index (κ1) is 16.8. The number of hydrogen-bond donors (Lipinski definition) is 0. The number of nitrogens with zero attached hydrogens (tertiary/aromatic N) is 5. The van der Waals surface area contributed by atoms with E-state index in [1.165, 1.54) is 5.57 Å². The van der Waals surface area contributed by atoms with Gasteiger partial charge in [-0.2, -0.15) is 0 Å². The van der Waals surface area contributed by atoms with E-state index in [0.29, 0.717) is 5.95 Å². The minimum atomic E-state index is -0.475. The minimum absolute atomic E-state index is 0.0897. The Balaban J connectivity index is 1.53. The van der Waals surface area contributed by atoms with Gasteiger partial charge < -0.3 is 4.74 Å². The molecular formula is C19H23N5O2. The van der Waals surface area contributed by atoms with E-state index in [1.807, 2.05) is 44.3 Å². The second-order valence-corrected chi connectivity index (χ2v) is 7.82. The standard InChI is InChI=1S/C19H23N5O2/c1-19(2,3)26-18(25)24-15-4-5-16(24)9-13(8-15)14-10-21-17(22-11-14)23-7-6-20-12-23/h6-8,10-12,15-16H,4-5,9H2,1-3H3. The molecule has 7 heteroatoms. The monoisotopic (exact) mass is 353 g/mol. The second kappa shape index (κ2) is 6.23. The number of imidazole rings is 1. The normalized spacial score (nSPS) is 22.3. The van der Waals surface area contributed by atoms with Crippen molar-refractivity contribution < 1.29 is 9.53 Å². The van der Waals surface area contributed by atoms with Gasteiger partial charge in [-0.3, -0.25) is 9.47 Å². The van der Waals surface area contributed by atoms with Crippen molar-refractivity contribution in [2.45, 2.75) is 57.7 Å². The van der Waals surface area contributed by atoms with Gasteiger partial charge in [0.25, 0.3) is 0 Å². The number of rotatable bonds is 2. The summed E-state index contributed by atoms with van der Waals surface area (Å²) in [6.45, 7) is 5.70. The van der Waals surface area contributed by atoms with Crippen molar-refractivity contribution in [3.05, 3.63) is 42.8 Å². The lowest BCUT2D eigenvalue weighted by atomic mass is 9.97. The van der Waals surface area contributed by atoms with Crippen LogP contribution in [-0.4, -0.2) is 48.2 Å². The number of ether oxygens (including phenoxy) is 1. The molecule has 2 bridgehead atoms. The zero-order valence-corrected chi connectivity index (χ0v) is 15.3. The molecular weight excluding hydrogens is 330 g/mol. The Hall–Kier alpha value is -2.70. The smallest absolute Gasteiger partial charge is 0.411 e. The zero-order chi connectivity index (χ0) is 18.3. The Bertz CT molecular complexity index is 821. The molecule has 2 atom stereocenters. The van der Waals surface area contributed by atoms with Crippen LogP contribution in [0.2, 0.25) is 0 Å². The highest BCUT2D eigenvalue weighted by atomic mass is 16.6. The Morgan fingerprint density at radius 2 is 2.00 bits per heavy atom. The molecule has 1 amide bonds. The molecule has 4 heterocycles. The van der Waals surface area contributed by atoms with Crippen molar-refractivity contribution in [2.24, 2.45) is 0 Å². The highest BCUT2D eigenvalue weighted by Gasteiger charge is 2.41. The van der Waals surface area contributed by atoms with Gasteiger partial charge in [0, 0.05) is 36.4 Å². The molecule has 2 aromatic heterocycles. The Morgan fingerprint density at radius 1 is 1.23 bits per heavy atom. The quantitative estimate of drug-likeness (QED) is 0.829. The van der Waals surface area contributed by atoms with Crippen LogP contribution in [0.5, 0.6) is 0 Å². The lowest BCUT2D eigenvalue weighted by Crippen LogP contribution is -2.45. The van der Waals surface area contributed by atoms with Gasteiger partial charge in [0.15, 0.2) is 0 Å². The van der Waals surface area contributed by atoms with Crippen LogP contribution in [0.4, 0.5) is 4.79 Å². The van der Waals surface area contributed by atoms with Gasteiger partial charge in [-0.05, 0) is 45.6 Å². The van der Waals surface area contributed by atoms with E-state index in [-0.39, 0.29) is 18.2 Å². The molecule has 4 rings (SSSR count). The summed E-state index contributed by atoms with van der Waals surface area (Å²) in [7, 11) is 0. The molecule has 1 saturated heterocycles. The molecule has 7 nitrogen and oxygen atoms in total. The molecule has 0 aliphatic carbocycles. The zero-order valence-electron chi connectivity index (χ0n) is 15.3. The fourth-order valence-electron chi connectivity index (χ4n) is 3.64. The number of carbonyl (C=O) groups is 1. The lowest BCUT2D eigenvalue weighted by molar-refractivity contribution is 0.0175. The first-order valence-electron chi connectivity index (χ1n) is 8.93. The van der Waals surface area contributed by atoms with Gasteiger partial charge in [-0.15, -0.1) is 0 Å². The van der Waals surface area contributed by atoms with Crippen LogP contribution in [0.1, 0.15) is 45.6 Å². The number of aromatic nitrogens is 4. The fraction of sp³-hybridized carbons (Fsp3) is 0.474. The number of carbonyl (C=O) groups excluding carboxylic acids is 1. The summed E-state index contributed by atoms with van der Waals surface area (Å²) in [5, 5.41) is 0. The van der Waals surface area contributed by atoms with Crippen LogP contribution in [0.15, 0.2) is 37.2 Å². The van der Waals surface area contributed by atoms with E-state index in [4.69, 9.17) is 4.74 Å². The van der Waals surface area contributed by atoms with Gasteiger partial charge in [0.1, 0.15) is 11.9 Å². The van der Waals surface area contributed by atoms with E-state index in [9.17, 15) is 4.79 Å². The van der Waals surface area contributed by atoms with E-state index in [0.717, 1.165) is 24.8 Å². The largest absolute Gasteiger partial charge is 0.444 e. The van der Waals surface area contributed by atoms with Crippen LogP contribution in [0.25, 0.3) is 11.5 Å². The van der Waals surface area contributed by atoms with Crippen molar-refractivity contribution in [3.8, 4) is 5.95 Å². The SMILES string of the molecule is CC(C)(C)OC(=O)N1C2C=C(c3cnc(-n4ccnc4)nc3)CC1CC2. The maximum atomic E-state index is 12.5. The molecule has 26 heavy (non-hydrogen) atoms. The average Bonchev–Trinajstić information content (AvgIpc) is 3.20. The summed E-state index contributed by atoms with van der Waals surface area (Å²) in [6, 6.07) is 0.273. The van der Waals surface area contributed by atoms with Crippen LogP contribution < -0.4 is 0 Å². The molecule has 0 saturated carbocycles. The molecule has 1 fully saturated rings.